The molecule has 1 heterocycles. The normalized spacial score (nSPS) is 20.1. The first-order valence-corrected chi connectivity index (χ1v) is 6.85. The van der Waals surface area contributed by atoms with E-state index in [9.17, 15) is 15.0 Å². The highest BCUT2D eigenvalue weighted by Gasteiger charge is 2.27. The maximum Gasteiger partial charge on any atom is 0.257 e. The van der Waals surface area contributed by atoms with Gasteiger partial charge in [-0.05, 0) is 31.9 Å². The molecule has 0 bridgehead atoms. The van der Waals surface area contributed by atoms with Gasteiger partial charge in [0.25, 0.3) is 5.91 Å². The van der Waals surface area contributed by atoms with Crippen molar-refractivity contribution in [2.75, 3.05) is 13.2 Å². The monoisotopic (exact) mass is 263 g/mol. The molecule has 0 aromatic heterocycles. The van der Waals surface area contributed by atoms with Crippen LogP contribution in [-0.2, 0) is 0 Å². The first kappa shape index (κ1) is 13.9. The number of nitrogens with zero attached hydrogens (tertiary/aromatic N) is 1. The third-order valence-corrected chi connectivity index (χ3v) is 3.73. The van der Waals surface area contributed by atoms with Crippen LogP contribution in [0.5, 0.6) is 5.75 Å². The summed E-state index contributed by atoms with van der Waals surface area (Å²) in [4.78, 5) is 14.3. The van der Waals surface area contributed by atoms with E-state index >= 15 is 0 Å². The van der Waals surface area contributed by atoms with Crippen LogP contribution in [0.3, 0.4) is 0 Å². The molecule has 1 aliphatic rings. The van der Waals surface area contributed by atoms with E-state index in [1.165, 1.54) is 0 Å². The van der Waals surface area contributed by atoms with E-state index in [0.29, 0.717) is 12.1 Å². The largest absolute Gasteiger partial charge is 0.507 e. The molecule has 2 N–H and O–H groups in total. The molecule has 0 saturated carbocycles. The number of benzene rings is 1. The maximum absolute atomic E-state index is 12.5. The van der Waals surface area contributed by atoms with E-state index in [0.717, 1.165) is 31.2 Å². The number of aliphatic hydroxyl groups excluding tert-OH is 1. The molecule has 1 fully saturated rings. The number of rotatable bonds is 2. The minimum Gasteiger partial charge on any atom is -0.507 e. The van der Waals surface area contributed by atoms with Crippen molar-refractivity contribution in [2.45, 2.75) is 38.6 Å². The number of likely N-dealkylation sites (tertiary alicyclic amines) is 1. The second-order valence-electron chi connectivity index (χ2n) is 5.20. The summed E-state index contributed by atoms with van der Waals surface area (Å²) in [5.41, 5.74) is 1.27. The summed E-state index contributed by atoms with van der Waals surface area (Å²) in [5.74, 6) is -0.168. The van der Waals surface area contributed by atoms with Gasteiger partial charge in [0.15, 0.2) is 0 Å². The lowest BCUT2D eigenvalue weighted by Crippen LogP contribution is -2.42. The summed E-state index contributed by atoms with van der Waals surface area (Å²) >= 11 is 0. The number of phenols is 1. The molecule has 0 radical (unpaired) electrons. The number of aryl methyl sites for hydroxylation is 1. The van der Waals surface area contributed by atoms with Crippen LogP contribution in [0.1, 0.15) is 41.6 Å². The fourth-order valence-electron chi connectivity index (χ4n) is 2.61. The highest BCUT2D eigenvalue weighted by Crippen LogP contribution is 2.24. The number of aromatic hydroxyl groups is 1. The Hall–Kier alpha value is -1.55. The summed E-state index contributed by atoms with van der Waals surface area (Å²) < 4.78 is 0. The van der Waals surface area contributed by atoms with Crippen molar-refractivity contribution in [3.63, 3.8) is 0 Å². The second-order valence-corrected chi connectivity index (χ2v) is 5.20. The standard InChI is InChI=1S/C15H21NO3/c1-11-6-7-14(18)13(9-11)15(19)16-8-4-2-3-5-12(16)10-17/h6-7,9,12,17-18H,2-5,8,10H2,1H3. The molecular formula is C15H21NO3. The molecule has 1 amide bonds. The van der Waals surface area contributed by atoms with Gasteiger partial charge in [-0.25, -0.2) is 0 Å². The van der Waals surface area contributed by atoms with Gasteiger partial charge in [0.1, 0.15) is 5.75 Å². The van der Waals surface area contributed by atoms with E-state index in [4.69, 9.17) is 0 Å². The van der Waals surface area contributed by atoms with Gasteiger partial charge in [-0.3, -0.25) is 4.79 Å². The molecule has 0 aliphatic carbocycles. The molecule has 0 spiro atoms. The van der Waals surface area contributed by atoms with Crippen LogP contribution in [-0.4, -0.2) is 40.2 Å². The smallest absolute Gasteiger partial charge is 0.257 e. The predicted molar refractivity (Wildman–Crippen MR) is 73.2 cm³/mol. The van der Waals surface area contributed by atoms with Gasteiger partial charge >= 0.3 is 0 Å². The molecule has 4 heteroatoms. The SMILES string of the molecule is Cc1ccc(O)c(C(=O)N2CCCCCC2CO)c1. The lowest BCUT2D eigenvalue weighted by molar-refractivity contribution is 0.0597. The van der Waals surface area contributed by atoms with Crippen molar-refractivity contribution in [1.82, 2.24) is 4.90 Å². The van der Waals surface area contributed by atoms with Gasteiger partial charge in [-0.2, -0.15) is 0 Å². The maximum atomic E-state index is 12.5. The van der Waals surface area contributed by atoms with Gasteiger partial charge in [-0.1, -0.05) is 24.5 Å². The van der Waals surface area contributed by atoms with Gasteiger partial charge < -0.3 is 15.1 Å². The van der Waals surface area contributed by atoms with Crippen LogP contribution in [0.4, 0.5) is 0 Å². The molecule has 1 unspecified atom stereocenters. The third-order valence-electron chi connectivity index (χ3n) is 3.73. The van der Waals surface area contributed by atoms with Crippen LogP contribution >= 0.6 is 0 Å². The Morgan fingerprint density at radius 2 is 2.16 bits per heavy atom. The Kier molecular flexibility index (Phi) is 4.43. The van der Waals surface area contributed by atoms with Crippen molar-refractivity contribution >= 4 is 5.91 Å². The summed E-state index contributed by atoms with van der Waals surface area (Å²) in [6, 6.07) is 4.90. The lowest BCUT2D eigenvalue weighted by Gasteiger charge is -2.29. The molecule has 1 saturated heterocycles. The topological polar surface area (TPSA) is 60.8 Å². The Balaban J connectivity index is 2.27. The number of carbonyl (C=O) groups is 1. The van der Waals surface area contributed by atoms with Crippen molar-refractivity contribution in [3.05, 3.63) is 29.3 Å². The van der Waals surface area contributed by atoms with Crippen molar-refractivity contribution in [1.29, 1.82) is 0 Å². The number of hydrogen-bond acceptors (Lipinski definition) is 3. The predicted octanol–water partition coefficient (Wildman–Crippen LogP) is 2.08. The summed E-state index contributed by atoms with van der Waals surface area (Å²) in [6.07, 6.45) is 3.90. The Labute approximate surface area is 113 Å². The van der Waals surface area contributed by atoms with E-state index < -0.39 is 0 Å². The number of hydrogen-bond donors (Lipinski definition) is 2. The zero-order chi connectivity index (χ0) is 13.8. The molecule has 1 aromatic rings. The Morgan fingerprint density at radius 1 is 1.37 bits per heavy atom. The van der Waals surface area contributed by atoms with Gasteiger partial charge in [0.2, 0.25) is 0 Å². The number of carbonyl (C=O) groups excluding carboxylic acids is 1. The third kappa shape index (κ3) is 3.07. The first-order chi connectivity index (χ1) is 9.13. The van der Waals surface area contributed by atoms with E-state index in [2.05, 4.69) is 0 Å². The Morgan fingerprint density at radius 3 is 2.89 bits per heavy atom. The molecular weight excluding hydrogens is 242 g/mol. The zero-order valence-corrected chi connectivity index (χ0v) is 11.3. The van der Waals surface area contributed by atoms with Crippen molar-refractivity contribution in [3.8, 4) is 5.75 Å². The molecule has 19 heavy (non-hydrogen) atoms. The fraction of sp³-hybridized carbons (Fsp3) is 0.533. The van der Waals surface area contributed by atoms with Crippen LogP contribution in [0.25, 0.3) is 0 Å². The van der Waals surface area contributed by atoms with E-state index in [-0.39, 0.29) is 24.3 Å². The fourth-order valence-corrected chi connectivity index (χ4v) is 2.61. The number of aliphatic hydroxyl groups is 1. The van der Waals surface area contributed by atoms with Crippen LogP contribution in [0.15, 0.2) is 18.2 Å². The van der Waals surface area contributed by atoms with Gasteiger partial charge in [0, 0.05) is 6.54 Å². The summed E-state index contributed by atoms with van der Waals surface area (Å²) in [6.45, 7) is 2.53. The van der Waals surface area contributed by atoms with E-state index in [1.54, 1.807) is 23.1 Å². The van der Waals surface area contributed by atoms with Gasteiger partial charge in [0.05, 0.1) is 18.2 Å². The van der Waals surface area contributed by atoms with Crippen LogP contribution in [0.2, 0.25) is 0 Å². The van der Waals surface area contributed by atoms with Crippen LogP contribution < -0.4 is 0 Å². The van der Waals surface area contributed by atoms with Gasteiger partial charge in [-0.15, -0.1) is 0 Å². The van der Waals surface area contributed by atoms with Crippen LogP contribution in [0, 0.1) is 6.92 Å². The van der Waals surface area contributed by atoms with E-state index in [1.807, 2.05) is 6.92 Å². The Bertz CT molecular complexity index is 459. The summed E-state index contributed by atoms with van der Waals surface area (Å²) in [5, 5.41) is 19.3. The molecule has 104 valence electrons. The molecule has 2 rings (SSSR count). The minimum atomic E-state index is -0.179. The quantitative estimate of drug-likeness (QED) is 0.858. The molecule has 4 nitrogen and oxygen atoms in total. The average molecular weight is 263 g/mol. The molecule has 1 atom stereocenters. The molecule has 1 aromatic carbocycles. The average Bonchev–Trinajstić information content (AvgIpc) is 2.65. The number of amides is 1. The lowest BCUT2D eigenvalue weighted by atomic mass is 10.1. The second kappa shape index (κ2) is 6.06. The highest BCUT2D eigenvalue weighted by atomic mass is 16.3. The minimum absolute atomic E-state index is 0.0107. The van der Waals surface area contributed by atoms with Crippen molar-refractivity contribution < 1.29 is 15.0 Å². The number of phenolic OH excluding ortho intramolecular Hbond substituents is 1. The molecule has 1 aliphatic heterocycles. The first-order valence-electron chi connectivity index (χ1n) is 6.85. The zero-order valence-electron chi connectivity index (χ0n) is 11.3. The summed E-state index contributed by atoms with van der Waals surface area (Å²) in [7, 11) is 0. The van der Waals surface area contributed by atoms with Crippen molar-refractivity contribution in [2.24, 2.45) is 0 Å². The highest BCUT2D eigenvalue weighted by molar-refractivity contribution is 5.97.